The van der Waals surface area contributed by atoms with Crippen LogP contribution in [0.25, 0.3) is 5.69 Å². The van der Waals surface area contributed by atoms with Crippen molar-refractivity contribution in [2.45, 2.75) is 55.4 Å². The lowest BCUT2D eigenvalue weighted by Gasteiger charge is -2.43. The van der Waals surface area contributed by atoms with Crippen LogP contribution in [0.5, 0.6) is 0 Å². The zero-order valence-corrected chi connectivity index (χ0v) is 22.9. The maximum atomic E-state index is 13.4. The number of thioether (sulfide) groups is 1. The number of methoxy groups -OCH3 is 1. The van der Waals surface area contributed by atoms with Crippen LogP contribution in [0.15, 0.2) is 41.8 Å². The maximum absolute atomic E-state index is 13.4. The summed E-state index contributed by atoms with van der Waals surface area (Å²) >= 11 is 1.03. The zero-order chi connectivity index (χ0) is 29.5. The van der Waals surface area contributed by atoms with E-state index < -0.39 is 60.1 Å². The van der Waals surface area contributed by atoms with E-state index >= 15 is 0 Å². The highest BCUT2D eigenvalue weighted by Gasteiger charge is 2.45. The molecule has 2 aromatic rings. The van der Waals surface area contributed by atoms with Crippen molar-refractivity contribution in [3.63, 3.8) is 0 Å². The first-order valence-corrected chi connectivity index (χ1v) is 13.8. The summed E-state index contributed by atoms with van der Waals surface area (Å²) in [4.78, 5) is 80.2. The number of hydrogen-bond donors (Lipinski definition) is 3. The monoisotopic (exact) mass is 587 g/mol. The molecule has 2 aliphatic rings. The Morgan fingerprint density at radius 1 is 1.17 bits per heavy atom. The molecule has 4 rings (SSSR count). The van der Waals surface area contributed by atoms with E-state index in [-0.39, 0.29) is 31.6 Å². The number of aliphatic carboxylic acids is 1. The molecule has 4 amide bonds. The van der Waals surface area contributed by atoms with Gasteiger partial charge in [0.15, 0.2) is 10.9 Å². The first kappa shape index (κ1) is 29.5. The number of amides is 4. The van der Waals surface area contributed by atoms with Crippen molar-refractivity contribution >= 4 is 47.3 Å². The van der Waals surface area contributed by atoms with Crippen molar-refractivity contribution in [3.05, 3.63) is 36.7 Å². The van der Waals surface area contributed by atoms with Crippen molar-refractivity contribution in [1.29, 1.82) is 0 Å². The van der Waals surface area contributed by atoms with E-state index in [1.807, 2.05) is 30.3 Å². The zero-order valence-electron chi connectivity index (χ0n) is 22.1. The smallest absolute Gasteiger partial charge is 0.407 e. The molecular formula is C25H29N7O8S. The van der Waals surface area contributed by atoms with Gasteiger partial charge < -0.3 is 20.5 Å². The molecule has 0 bridgehead atoms. The molecule has 0 saturated carbocycles. The van der Waals surface area contributed by atoms with Crippen molar-refractivity contribution in [2.75, 3.05) is 19.4 Å². The Morgan fingerprint density at radius 3 is 2.63 bits per heavy atom. The van der Waals surface area contributed by atoms with Gasteiger partial charge in [-0.3, -0.25) is 29.0 Å². The molecule has 2 saturated heterocycles. The largest absolute Gasteiger partial charge is 0.481 e. The van der Waals surface area contributed by atoms with Crippen LogP contribution in [0.4, 0.5) is 4.79 Å². The Kier molecular flexibility index (Phi) is 9.54. The van der Waals surface area contributed by atoms with Crippen molar-refractivity contribution in [2.24, 2.45) is 0 Å². The molecule has 16 heteroatoms. The van der Waals surface area contributed by atoms with E-state index in [0.29, 0.717) is 17.3 Å². The topological polar surface area (TPSA) is 193 Å². The van der Waals surface area contributed by atoms with E-state index in [9.17, 15) is 33.9 Å². The minimum Gasteiger partial charge on any atom is -0.481 e. The van der Waals surface area contributed by atoms with Gasteiger partial charge in [0, 0.05) is 13.0 Å². The number of carbonyl (C=O) groups excluding carboxylic acids is 5. The molecule has 3 N–H and O–H groups in total. The van der Waals surface area contributed by atoms with Crippen molar-refractivity contribution in [3.8, 4) is 5.69 Å². The standard InChI is InChI=1S/C25H29N7O8S/c1-40-25(39)29-16-9-10-20(34)30-11-5-8-18(32(30)23(16)38)22(37)28-17(12-21(35)36)19(33)13-41-24-26-14-27-31(24)15-6-3-2-4-7-15/h2-4,6-7,14,16-18H,5,8-13H2,1H3,(H,28,37)(H,29,39)(H,35,36)/t16-,17-,18-/m0/s1. The molecule has 15 nitrogen and oxygen atoms in total. The molecule has 2 aliphatic heterocycles. The third-order valence-electron chi connectivity index (χ3n) is 6.59. The fraction of sp³-hybridized carbons (Fsp3) is 0.440. The van der Waals surface area contributed by atoms with Gasteiger partial charge >= 0.3 is 12.1 Å². The average Bonchev–Trinajstić information content (AvgIpc) is 3.41. The summed E-state index contributed by atoms with van der Waals surface area (Å²) in [7, 11) is 1.13. The predicted molar refractivity (Wildman–Crippen MR) is 141 cm³/mol. The molecule has 0 unspecified atom stereocenters. The average molecular weight is 588 g/mol. The maximum Gasteiger partial charge on any atom is 0.407 e. The summed E-state index contributed by atoms with van der Waals surface area (Å²) in [6.07, 6.45) is 0.296. The van der Waals surface area contributed by atoms with E-state index in [1.165, 1.54) is 16.0 Å². The molecule has 1 aromatic carbocycles. The lowest BCUT2D eigenvalue weighted by atomic mass is 10.0. The summed E-state index contributed by atoms with van der Waals surface area (Å²) in [6.45, 7) is 0.190. The number of aromatic nitrogens is 3. The van der Waals surface area contributed by atoms with Gasteiger partial charge in [-0.1, -0.05) is 30.0 Å². The molecule has 0 radical (unpaired) electrons. The van der Waals surface area contributed by atoms with Gasteiger partial charge in [0.1, 0.15) is 18.4 Å². The lowest BCUT2D eigenvalue weighted by Crippen LogP contribution is -2.64. The highest BCUT2D eigenvalue weighted by atomic mass is 32.2. The number of Topliss-reactive ketones (excluding diaryl/α,β-unsaturated/α-hetero) is 1. The number of nitrogens with one attached hydrogen (secondary N) is 2. The van der Waals surface area contributed by atoms with Crippen LogP contribution in [-0.4, -0.2) is 103 Å². The fourth-order valence-electron chi connectivity index (χ4n) is 4.61. The van der Waals surface area contributed by atoms with Crippen molar-refractivity contribution < 1.29 is 38.6 Å². The van der Waals surface area contributed by atoms with Gasteiger partial charge in [-0.05, 0) is 31.4 Å². The number of ketones is 1. The number of alkyl carbamates (subject to hydrolysis) is 1. The van der Waals surface area contributed by atoms with Crippen LogP contribution in [0.1, 0.15) is 32.1 Å². The van der Waals surface area contributed by atoms with Gasteiger partial charge in [0.25, 0.3) is 5.91 Å². The summed E-state index contributed by atoms with van der Waals surface area (Å²) < 4.78 is 6.10. The molecule has 3 heterocycles. The van der Waals surface area contributed by atoms with E-state index in [1.54, 1.807) is 0 Å². The quantitative estimate of drug-likeness (QED) is 0.320. The van der Waals surface area contributed by atoms with Crippen LogP contribution < -0.4 is 10.6 Å². The molecule has 218 valence electrons. The number of benzene rings is 1. The predicted octanol–water partition coefficient (Wildman–Crippen LogP) is 0.141. The number of fused-ring (bicyclic) bond motifs is 1. The highest BCUT2D eigenvalue weighted by Crippen LogP contribution is 2.25. The third kappa shape index (κ3) is 7.00. The third-order valence-corrected chi connectivity index (χ3v) is 7.55. The van der Waals surface area contributed by atoms with E-state index in [4.69, 9.17) is 0 Å². The first-order chi connectivity index (χ1) is 19.7. The number of carboxylic acids is 1. The van der Waals surface area contributed by atoms with Gasteiger partial charge in [-0.25, -0.2) is 19.5 Å². The van der Waals surface area contributed by atoms with Crippen LogP contribution in [-0.2, 0) is 28.7 Å². The summed E-state index contributed by atoms with van der Waals surface area (Å²) in [5.41, 5.74) is 0.717. The van der Waals surface area contributed by atoms with E-state index in [2.05, 4.69) is 25.5 Å². The summed E-state index contributed by atoms with van der Waals surface area (Å²) in [5.74, 6) is -3.97. The molecule has 0 aliphatic carbocycles. The Morgan fingerprint density at radius 2 is 1.93 bits per heavy atom. The summed E-state index contributed by atoms with van der Waals surface area (Å²) in [5, 5.41) is 21.1. The van der Waals surface area contributed by atoms with Gasteiger partial charge in [-0.2, -0.15) is 5.10 Å². The Labute approximate surface area is 238 Å². The molecule has 0 spiro atoms. The Bertz CT molecular complexity index is 1320. The Hall–Kier alpha value is -4.47. The van der Waals surface area contributed by atoms with Gasteiger partial charge in [0.2, 0.25) is 11.8 Å². The molecule has 41 heavy (non-hydrogen) atoms. The van der Waals surface area contributed by atoms with Gasteiger partial charge in [-0.15, -0.1) is 0 Å². The lowest BCUT2D eigenvalue weighted by molar-refractivity contribution is -0.176. The highest BCUT2D eigenvalue weighted by molar-refractivity contribution is 7.99. The molecule has 3 atom stereocenters. The molecular weight excluding hydrogens is 558 g/mol. The number of carboxylic acid groups (broad SMARTS) is 1. The second-order valence-corrected chi connectivity index (χ2v) is 10.2. The number of rotatable bonds is 10. The second-order valence-electron chi connectivity index (χ2n) is 9.29. The van der Waals surface area contributed by atoms with Crippen LogP contribution >= 0.6 is 11.8 Å². The normalized spacial score (nSPS) is 19.5. The van der Waals surface area contributed by atoms with Gasteiger partial charge in [0.05, 0.1) is 31.0 Å². The van der Waals surface area contributed by atoms with Crippen LogP contribution in [0.3, 0.4) is 0 Å². The molecule has 2 fully saturated rings. The Balaban J connectivity index is 1.48. The SMILES string of the molecule is COC(=O)N[C@H]1CCC(=O)N2CCC[C@@H](C(=O)N[C@@H](CC(=O)O)C(=O)CSc3ncnn3-c3ccccc3)N2C1=O. The number of hydrogen-bond acceptors (Lipinski definition) is 10. The number of para-hydroxylation sites is 1. The number of hydrazine groups is 1. The summed E-state index contributed by atoms with van der Waals surface area (Å²) in [6, 6.07) is 5.38. The number of ether oxygens (including phenoxy) is 1. The number of carbonyl (C=O) groups is 6. The molecule has 1 aromatic heterocycles. The minimum absolute atomic E-state index is 0.0130. The first-order valence-electron chi connectivity index (χ1n) is 12.8. The van der Waals surface area contributed by atoms with Crippen molar-refractivity contribution in [1.82, 2.24) is 35.4 Å². The second kappa shape index (κ2) is 13.3. The number of nitrogens with zero attached hydrogens (tertiary/aromatic N) is 5. The van der Waals surface area contributed by atoms with Crippen LogP contribution in [0.2, 0.25) is 0 Å². The van der Waals surface area contributed by atoms with E-state index in [0.717, 1.165) is 23.9 Å². The van der Waals surface area contributed by atoms with Crippen LogP contribution in [0, 0.1) is 0 Å². The fourth-order valence-corrected chi connectivity index (χ4v) is 5.48. The minimum atomic E-state index is -1.40.